The van der Waals surface area contributed by atoms with Crippen LogP contribution >= 0.6 is 12.2 Å². The van der Waals surface area contributed by atoms with Gasteiger partial charge in [0.2, 0.25) is 0 Å². The van der Waals surface area contributed by atoms with Crippen molar-refractivity contribution >= 4 is 29.1 Å². The van der Waals surface area contributed by atoms with E-state index in [0.717, 1.165) is 11.3 Å². The summed E-state index contributed by atoms with van der Waals surface area (Å²) in [6.45, 7) is 1.84. The average molecular weight is 279 g/mol. The fourth-order valence-corrected chi connectivity index (χ4v) is 1.40. The molecule has 5 nitrogen and oxygen atoms in total. The molecule has 19 heavy (non-hydrogen) atoms. The number of hydrazone groups is 1. The molecule has 0 atom stereocenters. The van der Waals surface area contributed by atoms with E-state index >= 15 is 0 Å². The molecule has 102 valence electrons. The molecule has 0 aliphatic carbocycles. The molecule has 0 bridgehead atoms. The lowest BCUT2D eigenvalue weighted by Crippen LogP contribution is -2.24. The molecule has 0 radical (unpaired) electrons. The van der Waals surface area contributed by atoms with E-state index in [-0.39, 0.29) is 5.11 Å². The van der Waals surface area contributed by atoms with Gasteiger partial charge in [0.15, 0.2) is 16.6 Å². The SMILES string of the molecule is COc1ccc(C=C/C(C)=N/NC(N)=S)cc1OC. The zero-order valence-corrected chi connectivity index (χ0v) is 12.0. The van der Waals surface area contributed by atoms with E-state index in [9.17, 15) is 0 Å². The van der Waals surface area contributed by atoms with Crippen LogP contribution < -0.4 is 20.6 Å². The van der Waals surface area contributed by atoms with Crippen molar-refractivity contribution in [2.45, 2.75) is 6.92 Å². The van der Waals surface area contributed by atoms with Gasteiger partial charge in [-0.15, -0.1) is 0 Å². The second-order valence-corrected chi connectivity index (χ2v) is 4.12. The van der Waals surface area contributed by atoms with Gasteiger partial charge in [0, 0.05) is 0 Å². The number of hydrogen-bond donors (Lipinski definition) is 2. The number of hydrogen-bond acceptors (Lipinski definition) is 4. The van der Waals surface area contributed by atoms with Crippen molar-refractivity contribution < 1.29 is 9.47 Å². The number of thiocarbonyl (C=S) groups is 1. The topological polar surface area (TPSA) is 68.9 Å². The summed E-state index contributed by atoms with van der Waals surface area (Å²) in [6, 6.07) is 5.65. The van der Waals surface area contributed by atoms with Gasteiger partial charge in [0.1, 0.15) is 0 Å². The smallest absolute Gasteiger partial charge is 0.184 e. The maximum absolute atomic E-state index is 5.28. The monoisotopic (exact) mass is 279 g/mol. The van der Waals surface area contributed by atoms with Crippen LogP contribution in [0.15, 0.2) is 29.4 Å². The normalized spacial score (nSPS) is 11.4. The highest BCUT2D eigenvalue weighted by atomic mass is 32.1. The Kier molecular flexibility index (Phi) is 5.81. The van der Waals surface area contributed by atoms with Crippen molar-refractivity contribution in [1.82, 2.24) is 5.43 Å². The van der Waals surface area contributed by atoms with Crippen molar-refractivity contribution in [1.29, 1.82) is 0 Å². The van der Waals surface area contributed by atoms with Crippen molar-refractivity contribution in [3.8, 4) is 11.5 Å². The lowest BCUT2D eigenvalue weighted by molar-refractivity contribution is 0.355. The molecule has 0 unspecified atom stereocenters. The van der Waals surface area contributed by atoms with Crippen LogP contribution in [0.1, 0.15) is 12.5 Å². The van der Waals surface area contributed by atoms with E-state index < -0.39 is 0 Å². The standard InChI is InChI=1S/C13H17N3O2S/c1-9(15-16-13(14)19)4-5-10-6-7-11(17-2)12(8-10)18-3/h4-8H,1-3H3,(H3,14,16,19)/b5-4?,15-9+. The van der Waals surface area contributed by atoms with Crippen molar-refractivity contribution in [3.05, 3.63) is 29.8 Å². The maximum atomic E-state index is 5.28. The summed E-state index contributed by atoms with van der Waals surface area (Å²) in [5, 5.41) is 4.11. The first-order valence-electron chi connectivity index (χ1n) is 5.56. The first kappa shape index (κ1) is 15.0. The van der Waals surface area contributed by atoms with Gasteiger partial charge in [0.05, 0.1) is 19.9 Å². The van der Waals surface area contributed by atoms with Gasteiger partial charge in [-0.1, -0.05) is 12.1 Å². The maximum Gasteiger partial charge on any atom is 0.184 e. The van der Waals surface area contributed by atoms with Crippen LogP contribution in [0, 0.1) is 0 Å². The van der Waals surface area contributed by atoms with Crippen LogP contribution in [0.5, 0.6) is 11.5 Å². The third-order valence-electron chi connectivity index (χ3n) is 2.27. The molecule has 3 N–H and O–H groups in total. The van der Waals surface area contributed by atoms with Gasteiger partial charge >= 0.3 is 0 Å². The van der Waals surface area contributed by atoms with Crippen LogP contribution in [0.3, 0.4) is 0 Å². The second-order valence-electron chi connectivity index (χ2n) is 3.68. The minimum absolute atomic E-state index is 0.138. The van der Waals surface area contributed by atoms with Crippen LogP contribution in [-0.2, 0) is 0 Å². The predicted octanol–water partition coefficient (Wildman–Crippen LogP) is 1.93. The number of nitrogens with two attached hydrogens (primary N) is 1. The molecule has 0 aliphatic rings. The number of nitrogens with one attached hydrogen (secondary N) is 1. The molecular weight excluding hydrogens is 262 g/mol. The lowest BCUT2D eigenvalue weighted by atomic mass is 10.1. The Bertz CT molecular complexity index is 513. The second kappa shape index (κ2) is 7.38. The largest absolute Gasteiger partial charge is 0.493 e. The highest BCUT2D eigenvalue weighted by molar-refractivity contribution is 7.80. The van der Waals surface area contributed by atoms with E-state index in [2.05, 4.69) is 22.7 Å². The van der Waals surface area contributed by atoms with Crippen LogP contribution in [0.4, 0.5) is 0 Å². The zero-order valence-electron chi connectivity index (χ0n) is 11.1. The first-order valence-corrected chi connectivity index (χ1v) is 5.97. The van der Waals surface area contributed by atoms with E-state index in [0.29, 0.717) is 11.5 Å². The molecule has 0 fully saturated rings. The van der Waals surface area contributed by atoms with Gasteiger partial charge in [-0.2, -0.15) is 5.10 Å². The fourth-order valence-electron chi connectivity index (χ4n) is 1.35. The molecule has 0 amide bonds. The average Bonchev–Trinajstić information content (AvgIpc) is 2.42. The first-order chi connectivity index (χ1) is 9.06. The van der Waals surface area contributed by atoms with Gasteiger partial charge in [0.25, 0.3) is 0 Å². The Hall–Kier alpha value is -2.08. The third-order valence-corrected chi connectivity index (χ3v) is 2.36. The fraction of sp³-hybridized carbons (Fsp3) is 0.231. The molecule has 1 rings (SSSR count). The summed E-state index contributed by atoms with van der Waals surface area (Å²) < 4.78 is 10.4. The number of methoxy groups -OCH3 is 2. The highest BCUT2D eigenvalue weighted by Crippen LogP contribution is 2.27. The molecule has 0 spiro atoms. The Morgan fingerprint density at radius 1 is 1.32 bits per heavy atom. The molecule has 1 aromatic carbocycles. The number of nitrogens with zero attached hydrogens (tertiary/aromatic N) is 1. The molecule has 0 aliphatic heterocycles. The van der Waals surface area contributed by atoms with Crippen LogP contribution in [0.2, 0.25) is 0 Å². The quantitative estimate of drug-likeness (QED) is 0.489. The molecular formula is C13H17N3O2S. The Morgan fingerprint density at radius 3 is 2.58 bits per heavy atom. The van der Waals surface area contributed by atoms with Crippen molar-refractivity contribution in [2.24, 2.45) is 10.8 Å². The summed E-state index contributed by atoms with van der Waals surface area (Å²) in [6.07, 6.45) is 3.74. The molecule has 6 heteroatoms. The van der Waals surface area contributed by atoms with E-state index in [1.165, 1.54) is 0 Å². The molecule has 0 aromatic heterocycles. The lowest BCUT2D eigenvalue weighted by Gasteiger charge is -2.07. The minimum atomic E-state index is 0.138. The summed E-state index contributed by atoms with van der Waals surface area (Å²) in [5.74, 6) is 1.38. The number of ether oxygens (including phenoxy) is 2. The van der Waals surface area contributed by atoms with E-state index in [1.807, 2.05) is 37.3 Å². The Labute approximate surface area is 118 Å². The van der Waals surface area contributed by atoms with E-state index in [4.69, 9.17) is 15.2 Å². The molecule has 0 heterocycles. The molecule has 0 saturated heterocycles. The van der Waals surface area contributed by atoms with E-state index in [1.54, 1.807) is 14.2 Å². The summed E-state index contributed by atoms with van der Waals surface area (Å²) >= 11 is 4.66. The summed E-state index contributed by atoms with van der Waals surface area (Å²) in [5.41, 5.74) is 9.53. The van der Waals surface area contributed by atoms with Crippen LogP contribution in [0.25, 0.3) is 6.08 Å². The summed E-state index contributed by atoms with van der Waals surface area (Å²) in [4.78, 5) is 0. The number of allylic oxidation sites excluding steroid dienone is 1. The van der Waals surface area contributed by atoms with Gasteiger partial charge in [-0.05, 0) is 42.9 Å². The van der Waals surface area contributed by atoms with Gasteiger partial charge < -0.3 is 15.2 Å². The molecule has 0 saturated carbocycles. The minimum Gasteiger partial charge on any atom is -0.493 e. The third kappa shape index (κ3) is 4.97. The zero-order chi connectivity index (χ0) is 14.3. The van der Waals surface area contributed by atoms with Gasteiger partial charge in [-0.3, -0.25) is 5.43 Å². The Balaban J connectivity index is 2.82. The summed E-state index contributed by atoms with van der Waals surface area (Å²) in [7, 11) is 3.20. The molecule has 1 aromatic rings. The van der Waals surface area contributed by atoms with Gasteiger partial charge in [-0.25, -0.2) is 0 Å². The number of rotatable bonds is 5. The predicted molar refractivity (Wildman–Crippen MR) is 81.6 cm³/mol. The highest BCUT2D eigenvalue weighted by Gasteiger charge is 2.02. The number of benzene rings is 1. The van der Waals surface area contributed by atoms with Crippen LogP contribution in [-0.4, -0.2) is 25.0 Å². The van der Waals surface area contributed by atoms with Crippen molar-refractivity contribution in [3.63, 3.8) is 0 Å². The Morgan fingerprint density at radius 2 is 2.00 bits per heavy atom. The van der Waals surface area contributed by atoms with Crippen molar-refractivity contribution in [2.75, 3.05) is 14.2 Å².